The Bertz CT molecular complexity index is 825. The third kappa shape index (κ3) is 2.29. The monoisotopic (exact) mass is 317 g/mol. The summed E-state index contributed by atoms with van der Waals surface area (Å²) in [5, 5.41) is 19.7. The largest absolute Gasteiger partial charge is 0.475 e. The Balaban J connectivity index is 2.16. The molecule has 23 heavy (non-hydrogen) atoms. The molecule has 2 aromatic heterocycles. The van der Waals surface area contributed by atoms with Gasteiger partial charge in [-0.05, 0) is 24.3 Å². The second-order valence-electron chi connectivity index (χ2n) is 4.47. The minimum Gasteiger partial charge on any atom is -0.475 e. The summed E-state index contributed by atoms with van der Waals surface area (Å²) in [5.74, 6) is -5.39. The van der Waals surface area contributed by atoms with Crippen LogP contribution in [0.25, 0.3) is 11.1 Å². The van der Waals surface area contributed by atoms with E-state index in [1.807, 2.05) is 5.32 Å². The molecule has 0 fully saturated rings. The lowest BCUT2D eigenvalue weighted by Crippen LogP contribution is -2.22. The summed E-state index contributed by atoms with van der Waals surface area (Å²) in [6.45, 7) is 0. The van der Waals surface area contributed by atoms with Crippen molar-refractivity contribution in [3.8, 4) is 0 Å². The quantitative estimate of drug-likeness (QED) is 0.703. The van der Waals surface area contributed by atoms with Gasteiger partial charge in [-0.1, -0.05) is 0 Å². The standard InChI is InChI=1S/C14H7NO8/c16-11-9(5-1-3-7(22-5)13(18)19)10(12(17)15-11)6-2-4-8(23-6)14(20)21/h1-4H,(H,18,19)(H,20,21)(H,15,16,17). The van der Waals surface area contributed by atoms with Crippen molar-refractivity contribution in [3.05, 3.63) is 47.3 Å². The first-order valence-electron chi connectivity index (χ1n) is 6.15. The zero-order valence-electron chi connectivity index (χ0n) is 11.2. The summed E-state index contributed by atoms with van der Waals surface area (Å²) in [5.41, 5.74) is -0.456. The van der Waals surface area contributed by atoms with Crippen molar-refractivity contribution < 1.29 is 38.2 Å². The van der Waals surface area contributed by atoms with Crippen molar-refractivity contribution in [1.82, 2.24) is 5.32 Å². The highest BCUT2D eigenvalue weighted by Crippen LogP contribution is 2.33. The van der Waals surface area contributed by atoms with Gasteiger partial charge in [-0.15, -0.1) is 0 Å². The van der Waals surface area contributed by atoms with Gasteiger partial charge >= 0.3 is 11.9 Å². The number of furan rings is 2. The van der Waals surface area contributed by atoms with Gasteiger partial charge in [0.05, 0.1) is 11.1 Å². The molecule has 0 aromatic carbocycles. The maximum absolute atomic E-state index is 11.9. The van der Waals surface area contributed by atoms with Crippen molar-refractivity contribution in [2.75, 3.05) is 0 Å². The molecule has 0 unspecified atom stereocenters. The van der Waals surface area contributed by atoms with Crippen LogP contribution in [0, 0.1) is 0 Å². The van der Waals surface area contributed by atoms with Gasteiger partial charge in [-0.3, -0.25) is 14.9 Å². The van der Waals surface area contributed by atoms with Crippen LogP contribution in [0.2, 0.25) is 0 Å². The van der Waals surface area contributed by atoms with Crippen molar-refractivity contribution in [1.29, 1.82) is 0 Å². The lowest BCUT2D eigenvalue weighted by atomic mass is 10.1. The number of carboxylic acid groups (broad SMARTS) is 2. The molecule has 9 heteroatoms. The van der Waals surface area contributed by atoms with Crippen LogP contribution < -0.4 is 5.32 Å². The molecule has 0 spiro atoms. The number of hydrogen-bond acceptors (Lipinski definition) is 6. The summed E-state index contributed by atoms with van der Waals surface area (Å²) in [7, 11) is 0. The van der Waals surface area contributed by atoms with Crippen LogP contribution in [0.1, 0.15) is 32.6 Å². The Morgan fingerprint density at radius 2 is 1.17 bits per heavy atom. The van der Waals surface area contributed by atoms with E-state index in [0.29, 0.717) is 0 Å². The second kappa shape index (κ2) is 4.98. The lowest BCUT2D eigenvalue weighted by molar-refractivity contribution is -0.122. The number of carboxylic acids is 2. The molecule has 0 radical (unpaired) electrons. The summed E-state index contributed by atoms with van der Waals surface area (Å²) < 4.78 is 10.1. The van der Waals surface area contributed by atoms with E-state index in [1.165, 1.54) is 12.1 Å². The van der Waals surface area contributed by atoms with Crippen LogP contribution in [0.15, 0.2) is 33.1 Å². The number of hydrogen-bond donors (Lipinski definition) is 3. The first-order chi connectivity index (χ1) is 10.9. The minimum absolute atomic E-state index is 0.144. The Morgan fingerprint density at radius 3 is 1.48 bits per heavy atom. The van der Waals surface area contributed by atoms with E-state index in [4.69, 9.17) is 19.0 Å². The summed E-state index contributed by atoms with van der Waals surface area (Å²) >= 11 is 0. The zero-order valence-corrected chi connectivity index (χ0v) is 11.2. The van der Waals surface area contributed by atoms with Crippen LogP contribution in [-0.4, -0.2) is 34.0 Å². The fraction of sp³-hybridized carbons (Fsp3) is 0. The molecule has 116 valence electrons. The molecule has 3 rings (SSSR count). The fourth-order valence-corrected chi connectivity index (χ4v) is 2.10. The smallest absolute Gasteiger partial charge is 0.371 e. The van der Waals surface area contributed by atoms with E-state index in [0.717, 1.165) is 12.1 Å². The van der Waals surface area contributed by atoms with Crippen LogP contribution in [0.4, 0.5) is 0 Å². The van der Waals surface area contributed by atoms with Gasteiger partial charge in [-0.2, -0.15) is 0 Å². The van der Waals surface area contributed by atoms with Crippen LogP contribution >= 0.6 is 0 Å². The number of carbonyl (C=O) groups excluding carboxylic acids is 2. The maximum atomic E-state index is 11.9. The average Bonchev–Trinajstić information content (AvgIpc) is 3.16. The third-order valence-electron chi connectivity index (χ3n) is 3.06. The van der Waals surface area contributed by atoms with Gasteiger partial charge in [0.25, 0.3) is 11.8 Å². The SMILES string of the molecule is O=C1NC(=O)C(c2ccc(C(=O)O)o2)=C1c1ccc(C(=O)O)o1. The molecule has 0 aliphatic carbocycles. The number of carbonyl (C=O) groups is 4. The highest BCUT2D eigenvalue weighted by atomic mass is 16.4. The Labute approximate surface area is 126 Å². The topological polar surface area (TPSA) is 147 Å². The van der Waals surface area contributed by atoms with Crippen molar-refractivity contribution in [2.45, 2.75) is 0 Å². The molecule has 0 bridgehead atoms. The molecule has 9 nitrogen and oxygen atoms in total. The van der Waals surface area contributed by atoms with E-state index in [1.54, 1.807) is 0 Å². The highest BCUT2D eigenvalue weighted by Gasteiger charge is 2.36. The van der Waals surface area contributed by atoms with E-state index in [2.05, 4.69) is 0 Å². The van der Waals surface area contributed by atoms with Crippen molar-refractivity contribution >= 4 is 34.9 Å². The molecule has 0 atom stereocenters. The predicted molar refractivity (Wildman–Crippen MR) is 71.3 cm³/mol. The van der Waals surface area contributed by atoms with Gasteiger partial charge in [0.2, 0.25) is 11.5 Å². The summed E-state index contributed by atoms with van der Waals surface area (Å²) in [6.07, 6.45) is 0. The van der Waals surface area contributed by atoms with Crippen molar-refractivity contribution in [3.63, 3.8) is 0 Å². The molecule has 3 heterocycles. The van der Waals surface area contributed by atoms with E-state index >= 15 is 0 Å². The minimum atomic E-state index is -1.34. The summed E-state index contributed by atoms with van der Waals surface area (Å²) in [4.78, 5) is 45.6. The van der Waals surface area contributed by atoms with E-state index in [9.17, 15) is 19.2 Å². The van der Waals surface area contributed by atoms with Gasteiger partial charge in [0, 0.05) is 0 Å². The van der Waals surface area contributed by atoms with E-state index < -0.39 is 35.3 Å². The first kappa shape index (κ1) is 14.3. The molecular formula is C14H7NO8. The number of imide groups is 1. The van der Waals surface area contributed by atoms with E-state index in [-0.39, 0.29) is 22.7 Å². The summed E-state index contributed by atoms with van der Waals surface area (Å²) in [6, 6.07) is 4.70. The Kier molecular flexibility index (Phi) is 3.10. The van der Waals surface area contributed by atoms with Crippen LogP contribution in [0.3, 0.4) is 0 Å². The fourth-order valence-electron chi connectivity index (χ4n) is 2.10. The number of nitrogens with one attached hydrogen (secondary N) is 1. The van der Waals surface area contributed by atoms with Gasteiger partial charge < -0.3 is 19.0 Å². The van der Waals surface area contributed by atoms with Gasteiger partial charge in [-0.25, -0.2) is 9.59 Å². The molecular weight excluding hydrogens is 310 g/mol. The van der Waals surface area contributed by atoms with Gasteiger partial charge in [0.15, 0.2) is 0 Å². The molecule has 1 aliphatic rings. The predicted octanol–water partition coefficient (Wildman–Crippen LogP) is 0.836. The zero-order chi connectivity index (χ0) is 16.7. The van der Waals surface area contributed by atoms with Crippen LogP contribution in [-0.2, 0) is 9.59 Å². The maximum Gasteiger partial charge on any atom is 0.371 e. The molecule has 1 aliphatic heterocycles. The van der Waals surface area contributed by atoms with Crippen LogP contribution in [0.5, 0.6) is 0 Å². The number of aromatic carboxylic acids is 2. The molecule has 2 aromatic rings. The molecule has 2 amide bonds. The normalized spacial score (nSPS) is 14.3. The number of amides is 2. The molecule has 0 saturated heterocycles. The molecule has 3 N–H and O–H groups in total. The first-order valence-corrected chi connectivity index (χ1v) is 6.15. The lowest BCUT2D eigenvalue weighted by Gasteiger charge is -1.98. The van der Waals surface area contributed by atoms with Gasteiger partial charge in [0.1, 0.15) is 11.5 Å². The average molecular weight is 317 g/mol. The molecule has 0 saturated carbocycles. The Hall–Kier alpha value is -3.62. The van der Waals surface area contributed by atoms with Crippen molar-refractivity contribution in [2.24, 2.45) is 0 Å². The third-order valence-corrected chi connectivity index (χ3v) is 3.06. The highest BCUT2D eigenvalue weighted by molar-refractivity contribution is 6.48. The second-order valence-corrected chi connectivity index (χ2v) is 4.47. The Morgan fingerprint density at radius 1 is 0.783 bits per heavy atom. The number of rotatable bonds is 4.